The van der Waals surface area contributed by atoms with Crippen LogP contribution < -0.4 is 5.73 Å². The third-order valence-corrected chi connectivity index (χ3v) is 4.19. The third-order valence-electron chi connectivity index (χ3n) is 4.19. The fourth-order valence-corrected chi connectivity index (χ4v) is 2.78. The molecular formula is C18H24N2O. The van der Waals surface area contributed by atoms with Gasteiger partial charge >= 0.3 is 0 Å². The Kier molecular flexibility index (Phi) is 5.03. The zero-order chi connectivity index (χ0) is 15.4. The van der Waals surface area contributed by atoms with E-state index in [1.807, 2.05) is 30.0 Å². The fraction of sp³-hybridized carbons (Fsp3) is 0.500. The lowest BCUT2D eigenvalue weighted by molar-refractivity contribution is 0.0783. The molecule has 0 aliphatic carbocycles. The molecule has 1 unspecified atom stereocenters. The normalized spacial score (nSPS) is 17.8. The second-order valence-corrected chi connectivity index (χ2v) is 6.10. The molecule has 2 N–H and O–H groups in total. The van der Waals surface area contributed by atoms with E-state index in [2.05, 4.69) is 25.7 Å². The average Bonchev–Trinajstić information content (AvgIpc) is 2.95. The number of amides is 1. The highest BCUT2D eigenvalue weighted by atomic mass is 16.2. The first-order valence-corrected chi connectivity index (χ1v) is 7.61. The van der Waals surface area contributed by atoms with E-state index >= 15 is 0 Å². The first-order valence-electron chi connectivity index (χ1n) is 7.61. The number of aryl methyl sites for hydroxylation is 1. The summed E-state index contributed by atoms with van der Waals surface area (Å²) in [6, 6.07) is 5.84. The smallest absolute Gasteiger partial charge is 0.255 e. The summed E-state index contributed by atoms with van der Waals surface area (Å²) in [5, 5.41) is 0. The molecule has 1 amide bonds. The third kappa shape index (κ3) is 3.65. The average molecular weight is 284 g/mol. The molecule has 3 heteroatoms. The van der Waals surface area contributed by atoms with Crippen molar-refractivity contribution in [3.63, 3.8) is 0 Å². The van der Waals surface area contributed by atoms with Crippen molar-refractivity contribution in [2.45, 2.75) is 27.2 Å². The number of carbonyl (C=O) groups excluding carboxylic acids is 1. The van der Waals surface area contributed by atoms with Crippen LogP contribution in [-0.4, -0.2) is 30.4 Å². The molecule has 3 nitrogen and oxygen atoms in total. The van der Waals surface area contributed by atoms with Crippen LogP contribution in [0.5, 0.6) is 0 Å². The summed E-state index contributed by atoms with van der Waals surface area (Å²) in [6.07, 6.45) is 1.10. The van der Waals surface area contributed by atoms with Crippen molar-refractivity contribution in [3.8, 4) is 11.8 Å². The number of carbonyl (C=O) groups is 1. The van der Waals surface area contributed by atoms with Gasteiger partial charge in [0.25, 0.3) is 5.91 Å². The van der Waals surface area contributed by atoms with E-state index in [4.69, 9.17) is 5.73 Å². The standard InChI is InChI=1S/C18H24N2O/c1-13(2)16-8-10-20(12-16)18(21)17-11-14(3)6-7-15(17)5-4-9-19/h6-7,11,13,16H,8-10,12,19H2,1-3H3. The minimum atomic E-state index is 0.100. The molecule has 1 atom stereocenters. The van der Waals surface area contributed by atoms with E-state index in [-0.39, 0.29) is 5.91 Å². The SMILES string of the molecule is Cc1ccc(C#CCN)c(C(=O)N2CCC(C(C)C)C2)c1. The molecule has 21 heavy (non-hydrogen) atoms. The molecule has 112 valence electrons. The number of nitrogens with zero attached hydrogens (tertiary/aromatic N) is 1. The minimum absolute atomic E-state index is 0.100. The number of likely N-dealkylation sites (tertiary alicyclic amines) is 1. The molecule has 0 saturated carbocycles. The van der Waals surface area contributed by atoms with Crippen LogP contribution >= 0.6 is 0 Å². The largest absolute Gasteiger partial charge is 0.338 e. The summed E-state index contributed by atoms with van der Waals surface area (Å²) in [7, 11) is 0. The van der Waals surface area contributed by atoms with Crippen molar-refractivity contribution < 1.29 is 4.79 Å². The van der Waals surface area contributed by atoms with E-state index in [0.29, 0.717) is 23.9 Å². The Morgan fingerprint density at radius 1 is 1.48 bits per heavy atom. The predicted molar refractivity (Wildman–Crippen MR) is 86.0 cm³/mol. The number of rotatable bonds is 2. The van der Waals surface area contributed by atoms with Gasteiger partial charge < -0.3 is 10.6 Å². The number of hydrogen-bond donors (Lipinski definition) is 1. The van der Waals surface area contributed by atoms with E-state index < -0.39 is 0 Å². The monoisotopic (exact) mass is 284 g/mol. The highest BCUT2D eigenvalue weighted by Crippen LogP contribution is 2.25. The molecule has 0 radical (unpaired) electrons. The second kappa shape index (κ2) is 6.78. The molecule has 0 aromatic heterocycles. The maximum atomic E-state index is 12.8. The Hall–Kier alpha value is -1.79. The van der Waals surface area contributed by atoms with E-state index in [1.165, 1.54) is 0 Å². The van der Waals surface area contributed by atoms with Gasteiger partial charge in [0.1, 0.15) is 0 Å². The first kappa shape index (κ1) is 15.6. The van der Waals surface area contributed by atoms with Gasteiger partial charge in [0.05, 0.1) is 12.1 Å². The van der Waals surface area contributed by atoms with Crippen LogP contribution in [0.3, 0.4) is 0 Å². The van der Waals surface area contributed by atoms with Crippen molar-refractivity contribution in [1.29, 1.82) is 0 Å². The highest BCUT2D eigenvalue weighted by molar-refractivity contribution is 5.97. The van der Waals surface area contributed by atoms with Gasteiger partial charge in [-0.15, -0.1) is 0 Å². The first-order chi connectivity index (χ1) is 10.0. The highest BCUT2D eigenvalue weighted by Gasteiger charge is 2.29. The summed E-state index contributed by atoms with van der Waals surface area (Å²) < 4.78 is 0. The van der Waals surface area contributed by atoms with Gasteiger partial charge in [-0.1, -0.05) is 37.3 Å². The Morgan fingerprint density at radius 3 is 2.86 bits per heavy atom. The molecule has 1 aliphatic rings. The molecule has 1 saturated heterocycles. The van der Waals surface area contributed by atoms with Crippen molar-refractivity contribution in [2.24, 2.45) is 17.6 Å². The zero-order valence-electron chi connectivity index (χ0n) is 13.1. The molecule has 1 aromatic carbocycles. The Labute approximate surface area is 127 Å². The van der Waals surface area contributed by atoms with Crippen LogP contribution in [0.15, 0.2) is 18.2 Å². The van der Waals surface area contributed by atoms with Crippen LogP contribution in [0.2, 0.25) is 0 Å². The van der Waals surface area contributed by atoms with Gasteiger partial charge in [-0.05, 0) is 37.3 Å². The number of hydrogen-bond acceptors (Lipinski definition) is 2. The van der Waals surface area contributed by atoms with E-state index in [0.717, 1.165) is 30.6 Å². The minimum Gasteiger partial charge on any atom is -0.338 e. The Balaban J connectivity index is 2.25. The lowest BCUT2D eigenvalue weighted by Crippen LogP contribution is -2.30. The second-order valence-electron chi connectivity index (χ2n) is 6.10. The summed E-state index contributed by atoms with van der Waals surface area (Å²) in [6.45, 7) is 8.46. The maximum Gasteiger partial charge on any atom is 0.255 e. The Morgan fingerprint density at radius 2 is 2.24 bits per heavy atom. The van der Waals surface area contributed by atoms with Crippen LogP contribution in [0.25, 0.3) is 0 Å². The zero-order valence-corrected chi connectivity index (χ0v) is 13.1. The van der Waals surface area contributed by atoms with E-state index in [9.17, 15) is 4.79 Å². The molecule has 0 bridgehead atoms. The van der Waals surface area contributed by atoms with E-state index in [1.54, 1.807) is 0 Å². The molecule has 1 aromatic rings. The number of nitrogens with two attached hydrogens (primary N) is 1. The van der Waals surface area contributed by atoms with Gasteiger partial charge in [0, 0.05) is 18.7 Å². The van der Waals surface area contributed by atoms with Gasteiger partial charge in [0.15, 0.2) is 0 Å². The summed E-state index contributed by atoms with van der Waals surface area (Å²) in [4.78, 5) is 14.7. The van der Waals surface area contributed by atoms with Gasteiger partial charge in [-0.25, -0.2) is 0 Å². The molecule has 1 heterocycles. The lowest BCUT2D eigenvalue weighted by atomic mass is 9.95. The van der Waals surface area contributed by atoms with Crippen LogP contribution in [-0.2, 0) is 0 Å². The summed E-state index contributed by atoms with van der Waals surface area (Å²) in [5.41, 5.74) is 8.01. The number of benzene rings is 1. The van der Waals surface area contributed by atoms with Crippen LogP contribution in [0, 0.1) is 30.6 Å². The van der Waals surface area contributed by atoms with Crippen molar-refractivity contribution in [2.75, 3.05) is 19.6 Å². The van der Waals surface area contributed by atoms with Gasteiger partial charge in [-0.2, -0.15) is 0 Å². The van der Waals surface area contributed by atoms with Gasteiger partial charge in [-0.3, -0.25) is 4.79 Å². The molecule has 1 aliphatic heterocycles. The van der Waals surface area contributed by atoms with Crippen LogP contribution in [0.1, 0.15) is 41.8 Å². The van der Waals surface area contributed by atoms with Crippen molar-refractivity contribution in [1.82, 2.24) is 4.90 Å². The molecule has 0 spiro atoms. The topological polar surface area (TPSA) is 46.3 Å². The molecule has 2 rings (SSSR count). The summed E-state index contributed by atoms with van der Waals surface area (Å²) >= 11 is 0. The molecular weight excluding hydrogens is 260 g/mol. The Bertz CT molecular complexity index is 581. The van der Waals surface area contributed by atoms with Crippen molar-refractivity contribution >= 4 is 5.91 Å². The van der Waals surface area contributed by atoms with Crippen molar-refractivity contribution in [3.05, 3.63) is 34.9 Å². The maximum absolute atomic E-state index is 12.8. The quantitative estimate of drug-likeness (QED) is 0.848. The fourth-order valence-electron chi connectivity index (χ4n) is 2.78. The summed E-state index contributed by atoms with van der Waals surface area (Å²) in [5.74, 6) is 7.19. The predicted octanol–water partition coefficient (Wildman–Crippen LogP) is 2.42. The molecule has 1 fully saturated rings. The lowest BCUT2D eigenvalue weighted by Gasteiger charge is -2.19. The van der Waals surface area contributed by atoms with Crippen LogP contribution in [0.4, 0.5) is 0 Å². The van der Waals surface area contributed by atoms with Gasteiger partial charge in [0.2, 0.25) is 0 Å².